The lowest BCUT2D eigenvalue weighted by Crippen LogP contribution is -2.37. The molecule has 0 aliphatic carbocycles. The first-order valence-electron chi connectivity index (χ1n) is 8.30. The van der Waals surface area contributed by atoms with Crippen molar-refractivity contribution in [3.05, 3.63) is 65.2 Å². The van der Waals surface area contributed by atoms with Crippen LogP contribution in [-0.2, 0) is 16.6 Å². The molecule has 128 valence electrons. The summed E-state index contributed by atoms with van der Waals surface area (Å²) in [5, 5.41) is 0. The molecule has 24 heavy (non-hydrogen) atoms. The second-order valence-corrected chi connectivity index (χ2v) is 8.28. The molecule has 5 heteroatoms. The fourth-order valence-corrected chi connectivity index (χ4v) is 4.79. The highest BCUT2D eigenvalue weighted by Crippen LogP contribution is 2.19. The Hall–Kier alpha value is -1.69. The lowest BCUT2D eigenvalue weighted by atomic mass is 10.2. The number of aryl methyl sites for hydroxylation is 2. The van der Waals surface area contributed by atoms with Crippen LogP contribution in [0.15, 0.2) is 53.4 Å². The van der Waals surface area contributed by atoms with Gasteiger partial charge < -0.3 is 0 Å². The minimum absolute atomic E-state index is 0.0283. The third kappa shape index (κ3) is 4.04. The van der Waals surface area contributed by atoms with Crippen molar-refractivity contribution in [1.29, 1.82) is 0 Å². The average molecular weight is 344 g/mol. The van der Waals surface area contributed by atoms with Crippen LogP contribution in [0.5, 0.6) is 0 Å². The number of benzene rings is 2. The average Bonchev–Trinajstić information content (AvgIpc) is 2.94. The quantitative estimate of drug-likeness (QED) is 0.907. The molecule has 1 aliphatic heterocycles. The molecule has 1 aliphatic rings. The number of rotatable bonds is 5. The van der Waals surface area contributed by atoms with Crippen LogP contribution in [0.3, 0.4) is 0 Å². The van der Waals surface area contributed by atoms with Crippen LogP contribution in [0.2, 0.25) is 0 Å². The van der Waals surface area contributed by atoms with Crippen molar-refractivity contribution in [3.63, 3.8) is 0 Å². The molecule has 1 unspecified atom stereocenters. The number of hydrogen-bond donors (Lipinski definition) is 1. The SMILES string of the molecule is Cc1ccc(S(=O)(=O)NC2CCN(Cc3ccccc3)C2)c(C)c1. The number of likely N-dealkylation sites (tertiary alicyclic amines) is 1. The predicted octanol–water partition coefficient (Wildman–Crippen LogP) is 2.86. The summed E-state index contributed by atoms with van der Waals surface area (Å²) in [5.41, 5.74) is 3.12. The third-order valence-corrected chi connectivity index (χ3v) is 6.14. The van der Waals surface area contributed by atoms with Crippen molar-refractivity contribution in [3.8, 4) is 0 Å². The topological polar surface area (TPSA) is 49.4 Å². The molecule has 0 saturated carbocycles. The summed E-state index contributed by atoms with van der Waals surface area (Å²) in [6, 6.07) is 15.7. The second kappa shape index (κ2) is 7.05. The molecule has 1 atom stereocenters. The van der Waals surface area contributed by atoms with E-state index in [1.54, 1.807) is 6.07 Å². The zero-order valence-corrected chi connectivity index (χ0v) is 15.0. The molecule has 2 aromatic rings. The number of nitrogens with zero attached hydrogens (tertiary/aromatic N) is 1. The van der Waals surface area contributed by atoms with Gasteiger partial charge in [0.15, 0.2) is 0 Å². The molecule has 4 nitrogen and oxygen atoms in total. The van der Waals surface area contributed by atoms with Crippen LogP contribution in [0.4, 0.5) is 0 Å². The molecular formula is C19H24N2O2S. The largest absolute Gasteiger partial charge is 0.297 e. The van der Waals surface area contributed by atoms with Gasteiger partial charge in [-0.25, -0.2) is 13.1 Å². The lowest BCUT2D eigenvalue weighted by Gasteiger charge is -2.17. The van der Waals surface area contributed by atoms with E-state index in [0.717, 1.165) is 37.2 Å². The summed E-state index contributed by atoms with van der Waals surface area (Å²) >= 11 is 0. The molecule has 0 bridgehead atoms. The Labute approximate surface area is 144 Å². The van der Waals surface area contributed by atoms with Gasteiger partial charge in [-0.05, 0) is 37.5 Å². The first kappa shape index (κ1) is 17.1. The molecule has 0 spiro atoms. The summed E-state index contributed by atoms with van der Waals surface area (Å²) in [7, 11) is -3.46. The highest BCUT2D eigenvalue weighted by atomic mass is 32.2. The Morgan fingerprint density at radius 2 is 1.88 bits per heavy atom. The molecule has 0 amide bonds. The summed E-state index contributed by atoms with van der Waals surface area (Å²) in [5.74, 6) is 0. The molecule has 3 rings (SSSR count). The van der Waals surface area contributed by atoms with Crippen LogP contribution >= 0.6 is 0 Å². The first-order valence-corrected chi connectivity index (χ1v) is 9.78. The standard InChI is InChI=1S/C19H24N2O2S/c1-15-8-9-19(16(2)12-15)24(22,23)20-18-10-11-21(14-18)13-17-6-4-3-5-7-17/h3-9,12,18,20H,10-11,13-14H2,1-2H3. The molecule has 0 aromatic heterocycles. The van der Waals surface area contributed by atoms with E-state index in [-0.39, 0.29) is 6.04 Å². The van der Waals surface area contributed by atoms with Crippen LogP contribution in [0, 0.1) is 13.8 Å². The molecule has 2 aromatic carbocycles. The summed E-state index contributed by atoms with van der Waals surface area (Å²) in [6.07, 6.45) is 0.844. The van der Waals surface area contributed by atoms with Crippen LogP contribution in [0.1, 0.15) is 23.1 Å². The Balaban J connectivity index is 1.64. The zero-order chi connectivity index (χ0) is 17.2. The Morgan fingerprint density at radius 3 is 2.58 bits per heavy atom. The fraction of sp³-hybridized carbons (Fsp3) is 0.368. The van der Waals surface area contributed by atoms with Crippen LogP contribution in [-0.4, -0.2) is 32.4 Å². The van der Waals surface area contributed by atoms with Gasteiger partial charge in [0.1, 0.15) is 0 Å². The fourth-order valence-electron chi connectivity index (χ4n) is 3.30. The summed E-state index contributed by atoms with van der Waals surface area (Å²) < 4.78 is 28.2. The van der Waals surface area contributed by atoms with E-state index in [1.165, 1.54) is 5.56 Å². The van der Waals surface area contributed by atoms with Gasteiger partial charge in [-0.15, -0.1) is 0 Å². The number of sulfonamides is 1. The van der Waals surface area contributed by atoms with E-state index in [1.807, 2.05) is 44.2 Å². The van der Waals surface area contributed by atoms with Crippen molar-refractivity contribution < 1.29 is 8.42 Å². The first-order chi connectivity index (χ1) is 11.4. The van der Waals surface area contributed by atoms with Gasteiger partial charge in [-0.3, -0.25) is 4.90 Å². The van der Waals surface area contributed by atoms with E-state index >= 15 is 0 Å². The van der Waals surface area contributed by atoms with Gasteiger partial charge in [0.05, 0.1) is 4.90 Å². The monoisotopic (exact) mass is 344 g/mol. The van der Waals surface area contributed by atoms with Gasteiger partial charge in [0.2, 0.25) is 10.0 Å². The van der Waals surface area contributed by atoms with Crippen LogP contribution < -0.4 is 4.72 Å². The Morgan fingerprint density at radius 1 is 1.12 bits per heavy atom. The van der Waals surface area contributed by atoms with Crippen molar-refractivity contribution >= 4 is 10.0 Å². The lowest BCUT2D eigenvalue weighted by molar-refractivity contribution is 0.324. The van der Waals surface area contributed by atoms with Crippen molar-refractivity contribution in [2.75, 3.05) is 13.1 Å². The van der Waals surface area contributed by atoms with Gasteiger partial charge in [0, 0.05) is 25.7 Å². The summed E-state index contributed by atoms with van der Waals surface area (Å²) in [4.78, 5) is 2.68. The van der Waals surface area contributed by atoms with Gasteiger partial charge in [0.25, 0.3) is 0 Å². The highest BCUT2D eigenvalue weighted by molar-refractivity contribution is 7.89. The molecule has 1 fully saturated rings. The maximum atomic E-state index is 12.7. The van der Waals surface area contributed by atoms with Crippen molar-refractivity contribution in [1.82, 2.24) is 9.62 Å². The van der Waals surface area contributed by atoms with E-state index < -0.39 is 10.0 Å². The predicted molar refractivity (Wildman–Crippen MR) is 96.4 cm³/mol. The summed E-state index contributed by atoms with van der Waals surface area (Å²) in [6.45, 7) is 6.34. The zero-order valence-electron chi connectivity index (χ0n) is 14.2. The maximum Gasteiger partial charge on any atom is 0.241 e. The molecule has 1 heterocycles. The normalized spacial score (nSPS) is 18.8. The second-order valence-electron chi connectivity index (χ2n) is 6.60. The van der Waals surface area contributed by atoms with Crippen LogP contribution in [0.25, 0.3) is 0 Å². The van der Waals surface area contributed by atoms with Gasteiger partial charge in [-0.2, -0.15) is 0 Å². The number of hydrogen-bond acceptors (Lipinski definition) is 3. The van der Waals surface area contributed by atoms with E-state index in [9.17, 15) is 8.42 Å². The molecule has 1 saturated heterocycles. The van der Waals surface area contributed by atoms with E-state index in [4.69, 9.17) is 0 Å². The minimum Gasteiger partial charge on any atom is -0.297 e. The number of nitrogens with one attached hydrogen (secondary N) is 1. The molecular weight excluding hydrogens is 320 g/mol. The third-order valence-electron chi connectivity index (χ3n) is 4.46. The van der Waals surface area contributed by atoms with Gasteiger partial charge >= 0.3 is 0 Å². The Kier molecular flexibility index (Phi) is 5.04. The van der Waals surface area contributed by atoms with Crippen molar-refractivity contribution in [2.24, 2.45) is 0 Å². The minimum atomic E-state index is -3.46. The molecule has 1 N–H and O–H groups in total. The Bertz CT molecular complexity index is 803. The van der Waals surface area contributed by atoms with Crippen molar-refractivity contribution in [2.45, 2.75) is 37.8 Å². The maximum absolute atomic E-state index is 12.7. The highest BCUT2D eigenvalue weighted by Gasteiger charge is 2.27. The van der Waals surface area contributed by atoms with E-state index in [2.05, 4.69) is 21.8 Å². The molecule has 0 radical (unpaired) electrons. The smallest absolute Gasteiger partial charge is 0.241 e. The van der Waals surface area contributed by atoms with Gasteiger partial charge in [-0.1, -0.05) is 48.0 Å². The van der Waals surface area contributed by atoms with E-state index in [0.29, 0.717) is 4.90 Å².